The molecule has 0 aliphatic carbocycles. The number of carbonyl (C=O) groups is 1. The van der Waals surface area contributed by atoms with Crippen LogP contribution in [-0.2, 0) is 10.0 Å². The van der Waals surface area contributed by atoms with Crippen molar-refractivity contribution in [1.82, 2.24) is 0 Å². The molecule has 3 rings (SSSR count). The number of ether oxygens (including phenoxy) is 1. The second-order valence-electron chi connectivity index (χ2n) is 5.69. The van der Waals surface area contributed by atoms with Crippen LogP contribution in [-0.4, -0.2) is 21.4 Å². The summed E-state index contributed by atoms with van der Waals surface area (Å²) in [5.41, 5.74) is 0.397. The third-order valence-electron chi connectivity index (χ3n) is 3.94. The molecule has 0 aromatic heterocycles. The highest BCUT2D eigenvalue weighted by atomic mass is 127. The maximum Gasteiger partial charge on any atom is 0.273 e. The van der Waals surface area contributed by atoms with Crippen LogP contribution < -0.4 is 9.04 Å². The molecule has 0 bridgehead atoms. The van der Waals surface area contributed by atoms with Crippen molar-refractivity contribution in [2.24, 2.45) is 0 Å². The second-order valence-corrected chi connectivity index (χ2v) is 9.04. The van der Waals surface area contributed by atoms with Crippen LogP contribution in [0.4, 0.5) is 5.69 Å². The third kappa shape index (κ3) is 4.01. The number of sulfonamides is 1. The molecule has 0 fully saturated rings. The van der Waals surface area contributed by atoms with Gasteiger partial charge in [-0.25, -0.2) is 8.42 Å². The molecule has 0 N–H and O–H groups in total. The number of hydrogen-bond donors (Lipinski definition) is 0. The van der Waals surface area contributed by atoms with Crippen LogP contribution in [0, 0.1) is 3.57 Å². The molecule has 3 aromatic carbocycles. The molecule has 1 amide bonds. The molecule has 5 nitrogen and oxygen atoms in total. The first-order chi connectivity index (χ1) is 13.4. The van der Waals surface area contributed by atoms with E-state index in [0.29, 0.717) is 9.32 Å². The van der Waals surface area contributed by atoms with Crippen molar-refractivity contribution < 1.29 is 17.9 Å². The van der Waals surface area contributed by atoms with E-state index in [1.54, 1.807) is 42.5 Å². The van der Waals surface area contributed by atoms with Gasteiger partial charge in [-0.3, -0.25) is 4.79 Å². The molecule has 3 aromatic rings. The highest BCUT2D eigenvalue weighted by Crippen LogP contribution is 2.33. The van der Waals surface area contributed by atoms with Crippen LogP contribution in [0.5, 0.6) is 5.75 Å². The summed E-state index contributed by atoms with van der Waals surface area (Å²) in [7, 11) is -2.72. The van der Waals surface area contributed by atoms with Gasteiger partial charge in [0.25, 0.3) is 15.9 Å². The van der Waals surface area contributed by atoms with E-state index in [0.717, 1.165) is 4.31 Å². The van der Waals surface area contributed by atoms with Gasteiger partial charge in [-0.05, 0) is 65.1 Å². The van der Waals surface area contributed by atoms with Gasteiger partial charge in [0.05, 0.1) is 28.3 Å². The Hall–Kier alpha value is -2.10. The summed E-state index contributed by atoms with van der Waals surface area (Å²) in [6.07, 6.45) is 0. The number of hydrogen-bond acceptors (Lipinski definition) is 4. The number of nitrogens with zero attached hydrogens (tertiary/aromatic N) is 1. The van der Waals surface area contributed by atoms with E-state index < -0.39 is 15.9 Å². The number of amides is 1. The van der Waals surface area contributed by atoms with Crippen molar-refractivity contribution >= 4 is 55.8 Å². The average Bonchev–Trinajstić information content (AvgIpc) is 2.69. The zero-order valence-corrected chi connectivity index (χ0v) is 18.4. The predicted molar refractivity (Wildman–Crippen MR) is 118 cm³/mol. The largest absolute Gasteiger partial charge is 0.495 e. The standard InChI is InChI=1S/C20H15ClINO4S/c1-27-19-12-11-14(13-17(19)21)23(20(24)16-9-5-6-10-18(16)22)28(25,26)15-7-3-2-4-8-15/h2-13H,1H3. The highest BCUT2D eigenvalue weighted by molar-refractivity contribution is 14.1. The number of methoxy groups -OCH3 is 1. The molecular weight excluding hydrogens is 513 g/mol. The molecule has 28 heavy (non-hydrogen) atoms. The van der Waals surface area contributed by atoms with Crippen LogP contribution in [0.25, 0.3) is 0 Å². The number of rotatable bonds is 5. The first-order valence-electron chi connectivity index (χ1n) is 8.09. The monoisotopic (exact) mass is 527 g/mol. The fourth-order valence-corrected chi connectivity index (χ4v) is 4.88. The van der Waals surface area contributed by atoms with Gasteiger partial charge in [-0.15, -0.1) is 0 Å². The molecule has 0 aliphatic heterocycles. The maximum atomic E-state index is 13.4. The number of benzene rings is 3. The lowest BCUT2D eigenvalue weighted by molar-refractivity contribution is 0.100. The fraction of sp³-hybridized carbons (Fsp3) is 0.0500. The summed E-state index contributed by atoms with van der Waals surface area (Å²) in [6, 6.07) is 19.0. The molecule has 0 unspecified atom stereocenters. The number of carbonyl (C=O) groups excluding carboxylic acids is 1. The smallest absolute Gasteiger partial charge is 0.273 e. The summed E-state index contributed by atoms with van der Waals surface area (Å²) < 4.78 is 33.2. The van der Waals surface area contributed by atoms with Crippen molar-refractivity contribution in [3.05, 3.63) is 87.0 Å². The number of anilines is 1. The van der Waals surface area contributed by atoms with Crippen molar-refractivity contribution in [3.8, 4) is 5.75 Å². The van der Waals surface area contributed by atoms with E-state index >= 15 is 0 Å². The Morgan fingerprint density at radius 1 is 1.00 bits per heavy atom. The Bertz CT molecular complexity index is 1120. The quantitative estimate of drug-likeness (QED) is 0.439. The summed E-state index contributed by atoms with van der Waals surface area (Å²) in [5, 5.41) is 0.198. The Balaban J connectivity index is 2.21. The topological polar surface area (TPSA) is 63.7 Å². The van der Waals surface area contributed by atoms with E-state index in [9.17, 15) is 13.2 Å². The van der Waals surface area contributed by atoms with Gasteiger partial charge in [-0.2, -0.15) is 4.31 Å². The van der Waals surface area contributed by atoms with Crippen molar-refractivity contribution in [2.75, 3.05) is 11.4 Å². The Labute approximate surface area is 182 Å². The number of halogens is 2. The molecule has 0 saturated carbocycles. The predicted octanol–water partition coefficient (Wildman–Crippen LogP) is 4.99. The lowest BCUT2D eigenvalue weighted by atomic mass is 10.2. The summed E-state index contributed by atoms with van der Waals surface area (Å²) in [4.78, 5) is 13.3. The van der Waals surface area contributed by atoms with Crippen molar-refractivity contribution in [3.63, 3.8) is 0 Å². The highest BCUT2D eigenvalue weighted by Gasteiger charge is 2.33. The minimum absolute atomic E-state index is 0.00114. The maximum absolute atomic E-state index is 13.4. The van der Waals surface area contributed by atoms with E-state index in [2.05, 4.69) is 0 Å². The van der Waals surface area contributed by atoms with E-state index in [-0.39, 0.29) is 21.2 Å². The fourth-order valence-electron chi connectivity index (χ4n) is 2.59. The average molecular weight is 528 g/mol. The first kappa shape index (κ1) is 20.6. The lowest BCUT2D eigenvalue weighted by Gasteiger charge is -2.23. The van der Waals surface area contributed by atoms with Crippen LogP contribution in [0.15, 0.2) is 77.7 Å². The Morgan fingerprint density at radius 2 is 1.64 bits per heavy atom. The molecular formula is C20H15ClINO4S. The summed E-state index contributed by atoms with van der Waals surface area (Å²) in [5.74, 6) is -0.292. The van der Waals surface area contributed by atoms with Crippen molar-refractivity contribution in [1.29, 1.82) is 0 Å². The summed E-state index contributed by atoms with van der Waals surface area (Å²) >= 11 is 8.19. The lowest BCUT2D eigenvalue weighted by Crippen LogP contribution is -2.37. The van der Waals surface area contributed by atoms with E-state index in [1.807, 2.05) is 22.6 Å². The molecule has 0 radical (unpaired) electrons. The van der Waals surface area contributed by atoms with Gasteiger partial charge >= 0.3 is 0 Å². The van der Waals surface area contributed by atoms with Crippen LogP contribution in [0.2, 0.25) is 5.02 Å². The molecule has 0 aliphatic rings. The molecule has 144 valence electrons. The van der Waals surface area contributed by atoms with Gasteiger partial charge < -0.3 is 4.74 Å². The van der Waals surface area contributed by atoms with Gasteiger partial charge in [-0.1, -0.05) is 41.9 Å². The van der Waals surface area contributed by atoms with Gasteiger partial charge in [0.15, 0.2) is 0 Å². The summed E-state index contributed by atoms with van der Waals surface area (Å²) in [6.45, 7) is 0. The van der Waals surface area contributed by atoms with Crippen LogP contribution in [0.1, 0.15) is 10.4 Å². The molecule has 0 heterocycles. The molecule has 0 spiro atoms. The minimum atomic E-state index is -4.17. The van der Waals surface area contributed by atoms with E-state index in [4.69, 9.17) is 16.3 Å². The van der Waals surface area contributed by atoms with Gasteiger partial charge in [0, 0.05) is 3.57 Å². The van der Waals surface area contributed by atoms with Gasteiger partial charge in [0.1, 0.15) is 5.75 Å². The first-order valence-corrected chi connectivity index (χ1v) is 11.0. The SMILES string of the molecule is COc1ccc(N(C(=O)c2ccccc2I)S(=O)(=O)c2ccccc2)cc1Cl. The zero-order valence-electron chi connectivity index (χ0n) is 14.7. The minimum Gasteiger partial charge on any atom is -0.495 e. The molecule has 8 heteroatoms. The third-order valence-corrected chi connectivity index (χ3v) is 6.90. The zero-order chi connectivity index (χ0) is 20.3. The molecule has 0 atom stereocenters. The molecule has 0 saturated heterocycles. The van der Waals surface area contributed by atoms with Gasteiger partial charge in [0.2, 0.25) is 0 Å². The normalized spacial score (nSPS) is 11.1. The van der Waals surface area contributed by atoms with Crippen LogP contribution in [0.3, 0.4) is 0 Å². The Kier molecular flexibility index (Phi) is 6.26. The second kappa shape index (κ2) is 8.50. The van der Waals surface area contributed by atoms with Crippen molar-refractivity contribution in [2.45, 2.75) is 4.90 Å². The Morgan fingerprint density at radius 3 is 2.25 bits per heavy atom. The van der Waals surface area contributed by atoms with E-state index in [1.165, 1.54) is 37.4 Å². The van der Waals surface area contributed by atoms with Crippen LogP contribution >= 0.6 is 34.2 Å².